The van der Waals surface area contributed by atoms with Crippen LogP contribution in [-0.4, -0.2) is 30.5 Å². The van der Waals surface area contributed by atoms with Crippen molar-refractivity contribution in [2.75, 3.05) is 18.6 Å². The molecule has 1 unspecified atom stereocenters. The third-order valence-electron chi connectivity index (χ3n) is 1.42. The Morgan fingerprint density at radius 1 is 1.50 bits per heavy atom. The van der Waals surface area contributed by atoms with Gasteiger partial charge in [-0.15, -0.1) is 0 Å². The van der Waals surface area contributed by atoms with E-state index < -0.39 is 0 Å². The van der Waals surface area contributed by atoms with Crippen molar-refractivity contribution in [1.29, 1.82) is 0 Å². The number of hydrogen-bond acceptors (Lipinski definition) is 2. The van der Waals surface area contributed by atoms with Gasteiger partial charge in [-0.2, -0.15) is 10.5 Å². The van der Waals surface area contributed by atoms with Crippen LogP contribution in [0.15, 0.2) is 24.3 Å². The summed E-state index contributed by atoms with van der Waals surface area (Å²) in [6.45, 7) is 2.39. The first-order valence-electron chi connectivity index (χ1n) is 4.55. The van der Waals surface area contributed by atoms with E-state index in [1.807, 2.05) is 13.0 Å². The Morgan fingerprint density at radius 3 is 2.79 bits per heavy atom. The van der Waals surface area contributed by atoms with Gasteiger partial charge in [0.25, 0.3) is 0 Å². The monoisotopic (exact) mass is 214 g/mol. The summed E-state index contributed by atoms with van der Waals surface area (Å²) in [5, 5.41) is 0. The maximum atomic E-state index is 11.0. The number of ether oxygens (including phenoxy) is 1. The number of carbonyl (C=O) groups is 1. The number of hydrogen-bond donors (Lipinski definition) is 0. The number of rotatable bonds is 6. The highest BCUT2D eigenvalue weighted by molar-refractivity contribution is 8.13. The maximum absolute atomic E-state index is 11.0. The molecule has 0 aliphatic rings. The van der Waals surface area contributed by atoms with Gasteiger partial charge in [0.15, 0.2) is 0 Å². The van der Waals surface area contributed by atoms with Crippen LogP contribution >= 0.6 is 10.5 Å². The summed E-state index contributed by atoms with van der Waals surface area (Å²) in [5.74, 6) is 4.62. The third-order valence-corrected chi connectivity index (χ3v) is 2.40. The molecule has 0 saturated carbocycles. The van der Waals surface area contributed by atoms with Crippen LogP contribution < -0.4 is 0 Å². The fourth-order valence-electron chi connectivity index (χ4n) is 0.771. The van der Waals surface area contributed by atoms with Crippen molar-refractivity contribution in [2.45, 2.75) is 13.3 Å². The largest absolute Gasteiger partial charge is 0.462 e. The van der Waals surface area contributed by atoms with Crippen molar-refractivity contribution in [3.63, 3.8) is 0 Å². The molecule has 0 heterocycles. The molecule has 0 rings (SSSR count). The Balaban J connectivity index is 3.49. The quantitative estimate of drug-likeness (QED) is 0.223. The predicted octanol–water partition coefficient (Wildman–Crippen LogP) is 2.38. The highest BCUT2D eigenvalue weighted by atomic mass is 32.2. The van der Waals surface area contributed by atoms with Crippen molar-refractivity contribution < 1.29 is 9.53 Å². The van der Waals surface area contributed by atoms with E-state index in [0.717, 1.165) is 12.2 Å². The molecule has 0 fully saturated rings. The lowest BCUT2D eigenvalue weighted by atomic mass is 10.4. The lowest BCUT2D eigenvalue weighted by Gasteiger charge is -2.01. The Labute approximate surface area is 88.6 Å². The van der Waals surface area contributed by atoms with Crippen LogP contribution in [0.25, 0.3) is 0 Å². The lowest BCUT2D eigenvalue weighted by molar-refractivity contribution is -0.137. The lowest BCUT2D eigenvalue weighted by Crippen LogP contribution is -2.03. The number of esters is 1. The molecule has 0 aromatic rings. The molecular formula is C11H18O2S. The van der Waals surface area contributed by atoms with Crippen molar-refractivity contribution in [3.05, 3.63) is 24.3 Å². The van der Waals surface area contributed by atoms with E-state index in [1.165, 1.54) is 6.08 Å². The fourth-order valence-corrected chi connectivity index (χ4v) is 1.38. The molecule has 0 spiro atoms. The van der Waals surface area contributed by atoms with E-state index in [2.05, 4.69) is 12.1 Å². The summed E-state index contributed by atoms with van der Waals surface area (Å²) >= 11 is 0. The fraction of sp³-hybridized carbons (Fsp3) is 0.455. The molecule has 0 N–H and O–H groups in total. The molecule has 2 nitrogen and oxygen atoms in total. The molecule has 3 heteroatoms. The van der Waals surface area contributed by atoms with Crippen LogP contribution in [0.1, 0.15) is 13.3 Å². The van der Waals surface area contributed by atoms with E-state index in [4.69, 9.17) is 4.74 Å². The highest BCUT2D eigenvalue weighted by Crippen LogP contribution is 2.03. The van der Waals surface area contributed by atoms with E-state index in [1.54, 1.807) is 12.2 Å². The van der Waals surface area contributed by atoms with E-state index >= 15 is 0 Å². The van der Waals surface area contributed by atoms with Crippen molar-refractivity contribution in [3.8, 4) is 0 Å². The first kappa shape index (κ1) is 13.2. The number of carbonyl (C=O) groups excluding carboxylic acids is 1. The first-order chi connectivity index (χ1) is 6.66. The highest BCUT2D eigenvalue weighted by Gasteiger charge is 1.94. The van der Waals surface area contributed by atoms with Crippen molar-refractivity contribution in [2.24, 2.45) is 0 Å². The van der Waals surface area contributed by atoms with Gasteiger partial charge in [0.1, 0.15) is 0 Å². The molecule has 0 radical (unpaired) electrons. The van der Waals surface area contributed by atoms with Crippen LogP contribution in [0.3, 0.4) is 0 Å². The molecule has 0 aromatic carbocycles. The van der Waals surface area contributed by atoms with Crippen LogP contribution in [0, 0.1) is 0 Å². The zero-order valence-electron chi connectivity index (χ0n) is 8.86. The SMILES string of the molecule is C=S(C)CCCOC(=O)C=CC=CC. The minimum absolute atomic E-state index is 0.192. The molecule has 80 valence electrons. The normalized spacial score (nSPS) is 13.6. The molecule has 0 aromatic heterocycles. The number of allylic oxidation sites excluding steroid dienone is 3. The summed E-state index contributed by atoms with van der Waals surface area (Å²) in [4.78, 5) is 11.0. The molecular weight excluding hydrogens is 196 g/mol. The van der Waals surface area contributed by atoms with E-state index in [-0.39, 0.29) is 16.5 Å². The molecule has 0 aliphatic heterocycles. The second-order valence-corrected chi connectivity index (χ2v) is 4.86. The average molecular weight is 214 g/mol. The van der Waals surface area contributed by atoms with Gasteiger partial charge in [0, 0.05) is 6.08 Å². The topological polar surface area (TPSA) is 26.3 Å². The second kappa shape index (κ2) is 8.75. The average Bonchev–Trinajstić information content (AvgIpc) is 2.13. The first-order valence-corrected chi connectivity index (χ1v) is 6.52. The summed E-state index contributed by atoms with van der Waals surface area (Å²) in [7, 11) is 0.192. The summed E-state index contributed by atoms with van der Waals surface area (Å²) in [5.41, 5.74) is 0. The van der Waals surface area contributed by atoms with Gasteiger partial charge in [0.2, 0.25) is 0 Å². The standard InChI is InChI=1S/C11H18O2S/c1-4-5-6-8-11(12)13-9-7-10-14(2)3/h4-6,8H,2,7,9-10H2,1,3H3. The van der Waals surface area contributed by atoms with Gasteiger partial charge in [-0.25, -0.2) is 4.79 Å². The second-order valence-electron chi connectivity index (χ2n) is 2.89. The minimum atomic E-state index is -0.275. The smallest absolute Gasteiger partial charge is 0.330 e. The zero-order valence-corrected chi connectivity index (χ0v) is 9.68. The Morgan fingerprint density at radius 2 is 2.21 bits per heavy atom. The van der Waals surface area contributed by atoms with Crippen LogP contribution in [0.4, 0.5) is 0 Å². The molecule has 0 aliphatic carbocycles. The van der Waals surface area contributed by atoms with Crippen LogP contribution in [-0.2, 0) is 9.53 Å². The van der Waals surface area contributed by atoms with Gasteiger partial charge >= 0.3 is 5.97 Å². The van der Waals surface area contributed by atoms with Gasteiger partial charge in [0.05, 0.1) is 6.61 Å². The maximum Gasteiger partial charge on any atom is 0.330 e. The molecule has 1 atom stereocenters. The van der Waals surface area contributed by atoms with Gasteiger partial charge < -0.3 is 4.74 Å². The van der Waals surface area contributed by atoms with Crippen molar-refractivity contribution in [1.82, 2.24) is 0 Å². The Kier molecular flexibility index (Phi) is 8.24. The Hall–Kier alpha value is -0.830. The molecule has 0 amide bonds. The minimum Gasteiger partial charge on any atom is -0.462 e. The molecule has 0 saturated heterocycles. The van der Waals surface area contributed by atoms with Gasteiger partial charge in [-0.05, 0) is 25.4 Å². The van der Waals surface area contributed by atoms with Gasteiger partial charge in [-0.1, -0.05) is 24.1 Å². The summed E-state index contributed by atoms with van der Waals surface area (Å²) in [6.07, 6.45) is 9.72. The third kappa shape index (κ3) is 9.26. The van der Waals surface area contributed by atoms with Gasteiger partial charge in [-0.3, -0.25) is 0 Å². The Bertz CT molecular complexity index is 242. The molecule has 0 bridgehead atoms. The van der Waals surface area contributed by atoms with Crippen molar-refractivity contribution >= 4 is 22.3 Å². The predicted molar refractivity (Wildman–Crippen MR) is 65.0 cm³/mol. The zero-order chi connectivity index (χ0) is 10.8. The van der Waals surface area contributed by atoms with E-state index in [0.29, 0.717) is 6.61 Å². The van der Waals surface area contributed by atoms with Crippen LogP contribution in [0.5, 0.6) is 0 Å². The van der Waals surface area contributed by atoms with Crippen LogP contribution in [0.2, 0.25) is 0 Å². The summed E-state index contributed by atoms with van der Waals surface area (Å²) < 4.78 is 4.96. The van der Waals surface area contributed by atoms with E-state index in [9.17, 15) is 4.79 Å². The molecule has 14 heavy (non-hydrogen) atoms. The summed E-state index contributed by atoms with van der Waals surface area (Å²) in [6, 6.07) is 0.